The molecule has 0 atom stereocenters. The molecule has 0 saturated carbocycles. The highest BCUT2D eigenvalue weighted by Crippen LogP contribution is 2.32. The Hall–Kier alpha value is -2.90. The van der Waals surface area contributed by atoms with Gasteiger partial charge >= 0.3 is 6.18 Å². The number of halogens is 3. The van der Waals surface area contributed by atoms with E-state index < -0.39 is 28.3 Å². The Morgan fingerprint density at radius 2 is 1.71 bits per heavy atom. The van der Waals surface area contributed by atoms with Crippen molar-refractivity contribution < 1.29 is 22.9 Å². The number of carbonyl (C=O) groups excluding carboxylic acids is 1. The van der Waals surface area contributed by atoms with Crippen LogP contribution in [0.2, 0.25) is 0 Å². The molecule has 0 aliphatic carbocycles. The molecule has 0 saturated heterocycles. The Labute approximate surface area is 135 Å². The standard InChI is InChI=1S/C16H13F3N2O3/c1-20(10-11-6-2-4-8-13(11)16(17,18)19)15(22)12-7-3-5-9-14(12)21(23)24/h2-9H,10H2,1H3. The van der Waals surface area contributed by atoms with E-state index in [-0.39, 0.29) is 17.7 Å². The first-order valence-corrected chi connectivity index (χ1v) is 6.86. The van der Waals surface area contributed by atoms with E-state index in [2.05, 4.69) is 0 Å². The SMILES string of the molecule is CN(Cc1ccccc1C(F)(F)F)C(=O)c1ccccc1[N+](=O)[O-]. The smallest absolute Gasteiger partial charge is 0.337 e. The second kappa shape index (κ2) is 6.69. The van der Waals surface area contributed by atoms with Crippen LogP contribution in [-0.2, 0) is 12.7 Å². The summed E-state index contributed by atoms with van der Waals surface area (Å²) in [6, 6.07) is 10.2. The van der Waals surface area contributed by atoms with Gasteiger partial charge in [-0.05, 0) is 17.7 Å². The fourth-order valence-corrected chi connectivity index (χ4v) is 2.28. The van der Waals surface area contributed by atoms with Crippen LogP contribution in [0.5, 0.6) is 0 Å². The van der Waals surface area contributed by atoms with Crippen LogP contribution in [0.4, 0.5) is 18.9 Å². The highest BCUT2D eigenvalue weighted by molar-refractivity contribution is 5.97. The van der Waals surface area contributed by atoms with Crippen LogP contribution in [0.15, 0.2) is 48.5 Å². The van der Waals surface area contributed by atoms with Crippen molar-refractivity contribution in [2.24, 2.45) is 0 Å². The second-order valence-electron chi connectivity index (χ2n) is 5.09. The summed E-state index contributed by atoms with van der Waals surface area (Å²) in [5.74, 6) is -0.723. The van der Waals surface area contributed by atoms with E-state index in [1.165, 1.54) is 49.5 Å². The number of hydrogen-bond acceptors (Lipinski definition) is 3. The number of carbonyl (C=O) groups is 1. The lowest BCUT2D eigenvalue weighted by atomic mass is 10.1. The molecule has 24 heavy (non-hydrogen) atoms. The molecule has 0 heterocycles. The van der Waals surface area contributed by atoms with Gasteiger partial charge in [0.2, 0.25) is 0 Å². The van der Waals surface area contributed by atoms with Crippen LogP contribution in [-0.4, -0.2) is 22.8 Å². The van der Waals surface area contributed by atoms with E-state index in [1.807, 2.05) is 0 Å². The minimum atomic E-state index is -4.54. The van der Waals surface area contributed by atoms with Crippen molar-refractivity contribution in [3.63, 3.8) is 0 Å². The number of alkyl halides is 3. The third-order valence-electron chi connectivity index (χ3n) is 3.41. The number of nitro benzene ring substituents is 1. The quantitative estimate of drug-likeness (QED) is 0.628. The molecule has 0 N–H and O–H groups in total. The maximum Gasteiger partial charge on any atom is 0.416 e. The first-order chi connectivity index (χ1) is 11.2. The Bertz CT molecular complexity index is 775. The van der Waals surface area contributed by atoms with Crippen molar-refractivity contribution in [3.8, 4) is 0 Å². The summed E-state index contributed by atoms with van der Waals surface area (Å²) in [4.78, 5) is 23.7. The third kappa shape index (κ3) is 3.70. The number of rotatable bonds is 4. The highest BCUT2D eigenvalue weighted by atomic mass is 19.4. The topological polar surface area (TPSA) is 63.5 Å². The van der Waals surface area contributed by atoms with Gasteiger partial charge in [-0.1, -0.05) is 30.3 Å². The summed E-state index contributed by atoms with van der Waals surface area (Å²) in [6.07, 6.45) is -4.54. The number of benzene rings is 2. The van der Waals surface area contributed by atoms with Gasteiger partial charge in [0, 0.05) is 19.7 Å². The van der Waals surface area contributed by atoms with Crippen LogP contribution in [0.1, 0.15) is 21.5 Å². The molecule has 0 aliphatic heterocycles. The Balaban J connectivity index is 2.30. The van der Waals surface area contributed by atoms with Gasteiger partial charge in [-0.2, -0.15) is 13.2 Å². The maximum atomic E-state index is 13.0. The first kappa shape index (κ1) is 17.5. The normalized spacial score (nSPS) is 11.2. The van der Waals surface area contributed by atoms with Crippen LogP contribution in [0.25, 0.3) is 0 Å². The summed E-state index contributed by atoms with van der Waals surface area (Å²) in [7, 11) is 1.30. The van der Waals surface area contributed by atoms with Crippen LogP contribution in [0, 0.1) is 10.1 Å². The molecular weight excluding hydrogens is 325 g/mol. The first-order valence-electron chi connectivity index (χ1n) is 6.86. The van der Waals surface area contributed by atoms with E-state index >= 15 is 0 Å². The van der Waals surface area contributed by atoms with Crippen LogP contribution >= 0.6 is 0 Å². The monoisotopic (exact) mass is 338 g/mol. The zero-order valence-electron chi connectivity index (χ0n) is 12.6. The fourth-order valence-electron chi connectivity index (χ4n) is 2.28. The van der Waals surface area contributed by atoms with Crippen molar-refractivity contribution in [1.29, 1.82) is 0 Å². The Morgan fingerprint density at radius 3 is 2.33 bits per heavy atom. The Morgan fingerprint density at radius 1 is 1.12 bits per heavy atom. The highest BCUT2D eigenvalue weighted by Gasteiger charge is 2.33. The van der Waals surface area contributed by atoms with E-state index in [0.717, 1.165) is 11.0 Å². The molecule has 126 valence electrons. The van der Waals surface area contributed by atoms with Gasteiger partial charge in [-0.15, -0.1) is 0 Å². The molecule has 0 radical (unpaired) electrons. The molecule has 0 aromatic heterocycles. The zero-order chi connectivity index (χ0) is 17.9. The third-order valence-corrected chi connectivity index (χ3v) is 3.41. The lowest BCUT2D eigenvalue weighted by Gasteiger charge is -2.20. The van der Waals surface area contributed by atoms with Gasteiger partial charge in [0.25, 0.3) is 11.6 Å². The van der Waals surface area contributed by atoms with E-state index in [1.54, 1.807) is 0 Å². The minimum Gasteiger partial charge on any atom is -0.337 e. The molecule has 0 unspecified atom stereocenters. The molecular formula is C16H13F3N2O3. The van der Waals surface area contributed by atoms with E-state index in [0.29, 0.717) is 0 Å². The summed E-state index contributed by atoms with van der Waals surface area (Å²) in [6.45, 7) is -0.319. The largest absolute Gasteiger partial charge is 0.416 e. The lowest BCUT2D eigenvalue weighted by molar-refractivity contribution is -0.385. The molecule has 0 spiro atoms. The predicted octanol–water partition coefficient (Wildman–Crippen LogP) is 3.89. The average molecular weight is 338 g/mol. The van der Waals surface area contributed by atoms with Gasteiger partial charge in [0.1, 0.15) is 5.56 Å². The second-order valence-corrected chi connectivity index (χ2v) is 5.09. The maximum absolute atomic E-state index is 13.0. The van der Waals surface area contributed by atoms with E-state index in [4.69, 9.17) is 0 Å². The van der Waals surface area contributed by atoms with Crippen molar-refractivity contribution >= 4 is 11.6 Å². The molecule has 0 bridgehead atoms. The number of para-hydroxylation sites is 1. The molecule has 8 heteroatoms. The minimum absolute atomic E-state index is 0.0839. The van der Waals surface area contributed by atoms with Crippen LogP contribution < -0.4 is 0 Å². The van der Waals surface area contributed by atoms with Crippen molar-refractivity contribution in [1.82, 2.24) is 4.90 Å². The average Bonchev–Trinajstić information content (AvgIpc) is 2.53. The number of hydrogen-bond donors (Lipinski definition) is 0. The molecule has 2 rings (SSSR count). The zero-order valence-corrected chi connectivity index (χ0v) is 12.6. The number of nitrogens with zero attached hydrogens (tertiary/aromatic N) is 2. The van der Waals surface area contributed by atoms with E-state index in [9.17, 15) is 28.1 Å². The summed E-state index contributed by atoms with van der Waals surface area (Å²) in [5, 5.41) is 11.0. The number of amides is 1. The van der Waals surface area contributed by atoms with Gasteiger partial charge in [0.15, 0.2) is 0 Å². The fraction of sp³-hybridized carbons (Fsp3) is 0.188. The molecule has 0 fully saturated rings. The van der Waals surface area contributed by atoms with Gasteiger partial charge < -0.3 is 4.90 Å². The molecule has 0 aliphatic rings. The van der Waals surface area contributed by atoms with Gasteiger partial charge in [-0.3, -0.25) is 14.9 Å². The van der Waals surface area contributed by atoms with Gasteiger partial charge in [-0.25, -0.2) is 0 Å². The summed E-state index contributed by atoms with van der Waals surface area (Å²) in [5.41, 5.74) is -1.49. The summed E-state index contributed by atoms with van der Waals surface area (Å²) >= 11 is 0. The van der Waals surface area contributed by atoms with Crippen molar-refractivity contribution in [3.05, 3.63) is 75.3 Å². The molecule has 2 aromatic carbocycles. The van der Waals surface area contributed by atoms with Crippen LogP contribution in [0.3, 0.4) is 0 Å². The van der Waals surface area contributed by atoms with Gasteiger partial charge in [0.05, 0.1) is 10.5 Å². The lowest BCUT2D eigenvalue weighted by Crippen LogP contribution is -2.28. The molecule has 1 amide bonds. The van der Waals surface area contributed by atoms with Crippen molar-refractivity contribution in [2.75, 3.05) is 7.05 Å². The molecule has 5 nitrogen and oxygen atoms in total. The number of nitro groups is 1. The van der Waals surface area contributed by atoms with Crippen molar-refractivity contribution in [2.45, 2.75) is 12.7 Å². The predicted molar refractivity (Wildman–Crippen MR) is 80.3 cm³/mol. The molecule has 2 aromatic rings. The Kier molecular flexibility index (Phi) is 4.87. The summed E-state index contributed by atoms with van der Waals surface area (Å²) < 4.78 is 39.0.